The maximum Gasteiger partial charge on any atom is 0.409 e. The zero-order valence-corrected chi connectivity index (χ0v) is 7.66. The van der Waals surface area contributed by atoms with Gasteiger partial charge in [0.15, 0.2) is 0 Å². The molecule has 0 spiro atoms. The third-order valence-corrected chi connectivity index (χ3v) is 2.16. The second-order valence-electron chi connectivity index (χ2n) is 3.04. The van der Waals surface area contributed by atoms with Crippen LogP contribution in [-0.4, -0.2) is 43.6 Å². The van der Waals surface area contributed by atoms with Crippen LogP contribution in [0.3, 0.4) is 0 Å². The monoisotopic (exact) mass is 186 g/mol. The van der Waals surface area contributed by atoms with Crippen LogP contribution in [0.1, 0.15) is 12.8 Å². The predicted molar refractivity (Wildman–Crippen MR) is 46.2 cm³/mol. The van der Waals surface area contributed by atoms with Gasteiger partial charge in [0.2, 0.25) is 6.41 Å². The van der Waals surface area contributed by atoms with E-state index in [0.717, 1.165) is 12.8 Å². The van der Waals surface area contributed by atoms with Crippen molar-refractivity contribution in [3.8, 4) is 0 Å². The molecule has 0 unspecified atom stereocenters. The number of nitrogens with zero attached hydrogens (tertiary/aromatic N) is 1. The van der Waals surface area contributed by atoms with Crippen LogP contribution in [0.4, 0.5) is 4.79 Å². The van der Waals surface area contributed by atoms with E-state index in [4.69, 9.17) is 0 Å². The molecule has 0 aromatic rings. The Morgan fingerprint density at radius 1 is 1.69 bits per heavy atom. The summed E-state index contributed by atoms with van der Waals surface area (Å²) >= 11 is 0. The van der Waals surface area contributed by atoms with Gasteiger partial charge in [-0.25, -0.2) is 4.79 Å². The normalized spacial score (nSPS) is 22.2. The number of hydrogen-bond donors (Lipinski definition) is 1. The fraction of sp³-hybridized carbons (Fsp3) is 0.750. The van der Waals surface area contributed by atoms with Crippen molar-refractivity contribution in [3.05, 3.63) is 0 Å². The second-order valence-corrected chi connectivity index (χ2v) is 3.04. The fourth-order valence-electron chi connectivity index (χ4n) is 1.50. The summed E-state index contributed by atoms with van der Waals surface area (Å²) in [4.78, 5) is 22.9. The minimum absolute atomic E-state index is 0.0744. The van der Waals surface area contributed by atoms with Crippen LogP contribution in [-0.2, 0) is 9.53 Å². The van der Waals surface area contributed by atoms with Crippen LogP contribution in [0.2, 0.25) is 0 Å². The predicted octanol–water partition coefficient (Wildman–Crippen LogP) is -0.0368. The van der Waals surface area contributed by atoms with Crippen molar-refractivity contribution in [1.29, 1.82) is 0 Å². The average molecular weight is 186 g/mol. The van der Waals surface area contributed by atoms with Gasteiger partial charge in [-0.15, -0.1) is 0 Å². The van der Waals surface area contributed by atoms with Crippen molar-refractivity contribution in [2.24, 2.45) is 0 Å². The molecule has 1 fully saturated rings. The van der Waals surface area contributed by atoms with Gasteiger partial charge in [0.05, 0.1) is 7.11 Å². The Balaban J connectivity index is 2.41. The first-order valence-electron chi connectivity index (χ1n) is 4.30. The lowest BCUT2D eigenvalue weighted by Gasteiger charge is -2.31. The number of methoxy groups -OCH3 is 1. The molecule has 1 rings (SSSR count). The molecule has 0 saturated carbocycles. The molecule has 5 nitrogen and oxygen atoms in total. The molecule has 0 radical (unpaired) electrons. The fourth-order valence-corrected chi connectivity index (χ4v) is 1.50. The maximum atomic E-state index is 11.1. The van der Waals surface area contributed by atoms with Gasteiger partial charge in [-0.05, 0) is 12.8 Å². The van der Waals surface area contributed by atoms with Gasteiger partial charge >= 0.3 is 6.09 Å². The highest BCUT2D eigenvalue weighted by Gasteiger charge is 2.23. The number of carbonyl (C=O) groups excluding carboxylic acids is 2. The molecule has 5 heteroatoms. The largest absolute Gasteiger partial charge is 0.453 e. The molecule has 1 N–H and O–H groups in total. The summed E-state index contributed by atoms with van der Waals surface area (Å²) in [5.41, 5.74) is 0. The van der Waals surface area contributed by atoms with Gasteiger partial charge < -0.3 is 15.0 Å². The molecule has 0 bridgehead atoms. The molecular weight excluding hydrogens is 172 g/mol. The average Bonchev–Trinajstić information content (AvgIpc) is 2.18. The number of rotatable bonds is 2. The Morgan fingerprint density at radius 2 is 2.46 bits per heavy atom. The van der Waals surface area contributed by atoms with Gasteiger partial charge in [-0.2, -0.15) is 0 Å². The van der Waals surface area contributed by atoms with Crippen LogP contribution < -0.4 is 5.32 Å². The lowest BCUT2D eigenvalue weighted by atomic mass is 10.1. The van der Waals surface area contributed by atoms with Gasteiger partial charge in [-0.3, -0.25) is 4.79 Å². The smallest absolute Gasteiger partial charge is 0.409 e. The van der Waals surface area contributed by atoms with Gasteiger partial charge in [0.25, 0.3) is 0 Å². The van der Waals surface area contributed by atoms with E-state index in [1.165, 1.54) is 7.11 Å². The standard InChI is InChI=1S/C8H14N2O3/c1-13-8(12)10-4-2-3-7(5-10)9-6-11/h6-7H,2-5H2,1H3,(H,9,11)/t7-/m1/s1. The minimum atomic E-state index is -0.322. The zero-order chi connectivity index (χ0) is 9.68. The van der Waals surface area contributed by atoms with Gasteiger partial charge in [0, 0.05) is 19.1 Å². The van der Waals surface area contributed by atoms with E-state index in [-0.39, 0.29) is 12.1 Å². The van der Waals surface area contributed by atoms with Crippen LogP contribution in [0.5, 0.6) is 0 Å². The Bertz CT molecular complexity index is 196. The summed E-state index contributed by atoms with van der Waals surface area (Å²) in [5.74, 6) is 0. The third-order valence-electron chi connectivity index (χ3n) is 2.16. The molecule has 1 aliphatic heterocycles. The first-order chi connectivity index (χ1) is 6.27. The van der Waals surface area contributed by atoms with Crippen LogP contribution in [0.15, 0.2) is 0 Å². The first kappa shape index (κ1) is 9.83. The van der Waals surface area contributed by atoms with E-state index in [0.29, 0.717) is 19.5 Å². The molecule has 1 saturated heterocycles. The Hall–Kier alpha value is -1.26. The highest BCUT2D eigenvalue weighted by molar-refractivity contribution is 5.67. The van der Waals surface area contributed by atoms with Crippen LogP contribution in [0.25, 0.3) is 0 Å². The van der Waals surface area contributed by atoms with Crippen molar-refractivity contribution < 1.29 is 14.3 Å². The lowest BCUT2D eigenvalue weighted by Crippen LogP contribution is -2.47. The number of piperidine rings is 1. The maximum absolute atomic E-state index is 11.1. The van der Waals surface area contributed by atoms with E-state index in [1.54, 1.807) is 4.90 Å². The molecule has 1 heterocycles. The molecule has 13 heavy (non-hydrogen) atoms. The van der Waals surface area contributed by atoms with Gasteiger partial charge in [0.1, 0.15) is 0 Å². The molecule has 0 aromatic carbocycles. The van der Waals surface area contributed by atoms with Crippen molar-refractivity contribution in [2.45, 2.75) is 18.9 Å². The Kier molecular flexibility index (Phi) is 3.54. The van der Waals surface area contributed by atoms with Crippen molar-refractivity contribution in [1.82, 2.24) is 10.2 Å². The summed E-state index contributed by atoms with van der Waals surface area (Å²) in [6.45, 7) is 1.26. The van der Waals surface area contributed by atoms with Crippen molar-refractivity contribution >= 4 is 12.5 Å². The van der Waals surface area contributed by atoms with Gasteiger partial charge in [-0.1, -0.05) is 0 Å². The number of likely N-dealkylation sites (tertiary alicyclic amines) is 1. The minimum Gasteiger partial charge on any atom is -0.453 e. The van der Waals surface area contributed by atoms with E-state index in [1.807, 2.05) is 0 Å². The second kappa shape index (κ2) is 4.69. The highest BCUT2D eigenvalue weighted by atomic mass is 16.5. The third kappa shape index (κ3) is 2.61. The first-order valence-corrected chi connectivity index (χ1v) is 4.30. The summed E-state index contributed by atoms with van der Waals surface area (Å²) in [7, 11) is 1.36. The molecule has 0 aromatic heterocycles. The highest BCUT2D eigenvalue weighted by Crippen LogP contribution is 2.10. The summed E-state index contributed by atoms with van der Waals surface area (Å²) in [6.07, 6.45) is 2.18. The molecule has 0 aliphatic carbocycles. The quantitative estimate of drug-likeness (QED) is 0.616. The van der Waals surface area contributed by atoms with Crippen LogP contribution >= 0.6 is 0 Å². The van der Waals surface area contributed by atoms with Crippen LogP contribution in [0, 0.1) is 0 Å². The summed E-state index contributed by atoms with van der Waals surface area (Å²) in [5, 5.41) is 2.66. The molecule has 74 valence electrons. The summed E-state index contributed by atoms with van der Waals surface area (Å²) < 4.78 is 4.59. The zero-order valence-electron chi connectivity index (χ0n) is 7.66. The lowest BCUT2D eigenvalue weighted by molar-refractivity contribution is -0.110. The molecule has 2 amide bonds. The van der Waals surface area contributed by atoms with E-state index >= 15 is 0 Å². The topological polar surface area (TPSA) is 58.6 Å². The number of amides is 2. The van der Waals surface area contributed by atoms with Crippen molar-refractivity contribution in [2.75, 3.05) is 20.2 Å². The van der Waals surface area contributed by atoms with Crippen molar-refractivity contribution in [3.63, 3.8) is 0 Å². The number of carbonyl (C=O) groups is 2. The Morgan fingerprint density at radius 3 is 3.08 bits per heavy atom. The summed E-state index contributed by atoms with van der Waals surface area (Å²) in [6, 6.07) is 0.0744. The van der Waals surface area contributed by atoms with E-state index in [9.17, 15) is 9.59 Å². The SMILES string of the molecule is COC(=O)N1CCC[C@@H](NC=O)C1. The molecule has 1 atom stereocenters. The van der Waals surface area contributed by atoms with E-state index in [2.05, 4.69) is 10.1 Å². The number of ether oxygens (including phenoxy) is 1. The number of nitrogens with one attached hydrogen (secondary N) is 1. The molecular formula is C8H14N2O3. The van der Waals surface area contributed by atoms with E-state index < -0.39 is 0 Å². The molecule has 1 aliphatic rings. The Labute approximate surface area is 77.0 Å². The number of hydrogen-bond acceptors (Lipinski definition) is 3.